The molecule has 1 rings (SSSR count). The van der Waals surface area contributed by atoms with Crippen LogP contribution in [0.1, 0.15) is 50.9 Å². The molecule has 0 radical (unpaired) electrons. The molecule has 0 aliphatic rings. The van der Waals surface area contributed by atoms with Crippen molar-refractivity contribution in [1.82, 2.24) is 5.32 Å². The lowest BCUT2D eigenvalue weighted by Crippen LogP contribution is -2.47. The van der Waals surface area contributed by atoms with E-state index < -0.39 is 17.9 Å². The number of primary amides is 1. The van der Waals surface area contributed by atoms with Gasteiger partial charge in [0, 0.05) is 5.56 Å². The van der Waals surface area contributed by atoms with Crippen molar-refractivity contribution in [3.63, 3.8) is 0 Å². The maximum atomic E-state index is 12.5. The molecule has 0 bridgehead atoms. The van der Waals surface area contributed by atoms with Crippen LogP contribution in [0.5, 0.6) is 11.5 Å². The number of hydrogen-bond acceptors (Lipinski definition) is 4. The molecule has 0 spiro atoms. The van der Waals surface area contributed by atoms with Gasteiger partial charge in [-0.25, -0.2) is 0 Å². The minimum atomic E-state index is -0.762. The number of ether oxygens (including phenoxy) is 2. The smallest absolute Gasteiger partial charge is 0.252 e. The van der Waals surface area contributed by atoms with Gasteiger partial charge in [0.25, 0.3) is 5.91 Å². The molecule has 1 aromatic carbocycles. The molecule has 25 heavy (non-hydrogen) atoms. The van der Waals surface area contributed by atoms with Gasteiger partial charge in [-0.1, -0.05) is 38.8 Å². The number of carbonyl (C=O) groups excluding carboxylic acids is 2. The van der Waals surface area contributed by atoms with Gasteiger partial charge in [0.2, 0.25) is 5.91 Å². The Hall–Kier alpha value is -1.95. The SMILES string of the molecule is CCCCOc1c(Cl)cc(C(=O)NC(C(N)=O)C(C)C)cc1OCC. The lowest BCUT2D eigenvalue weighted by atomic mass is 10.0. The van der Waals surface area contributed by atoms with Gasteiger partial charge in [-0.15, -0.1) is 0 Å². The Morgan fingerprint density at radius 3 is 2.44 bits per heavy atom. The standard InChI is InChI=1S/C18H27ClN2O4/c1-5-7-8-25-16-13(19)9-12(10-14(16)24-6-2)18(23)21-15(11(3)4)17(20)22/h9-11,15H,5-8H2,1-4H3,(H2,20,22)(H,21,23). The van der Waals surface area contributed by atoms with E-state index in [0.717, 1.165) is 12.8 Å². The molecule has 7 heteroatoms. The zero-order valence-corrected chi connectivity index (χ0v) is 16.0. The van der Waals surface area contributed by atoms with Crippen LogP contribution in [-0.4, -0.2) is 31.1 Å². The van der Waals surface area contributed by atoms with E-state index in [1.807, 2.05) is 6.92 Å². The quantitative estimate of drug-likeness (QED) is 0.619. The van der Waals surface area contributed by atoms with Crippen LogP contribution in [0.4, 0.5) is 0 Å². The maximum Gasteiger partial charge on any atom is 0.252 e. The average Bonchev–Trinajstić information content (AvgIpc) is 2.54. The van der Waals surface area contributed by atoms with Crippen molar-refractivity contribution < 1.29 is 19.1 Å². The van der Waals surface area contributed by atoms with Gasteiger partial charge in [0.05, 0.1) is 18.2 Å². The molecule has 140 valence electrons. The number of halogens is 1. The van der Waals surface area contributed by atoms with Crippen LogP contribution in [0.3, 0.4) is 0 Å². The fourth-order valence-electron chi connectivity index (χ4n) is 2.21. The normalized spacial score (nSPS) is 11.9. The van der Waals surface area contributed by atoms with E-state index in [4.69, 9.17) is 26.8 Å². The van der Waals surface area contributed by atoms with Crippen molar-refractivity contribution >= 4 is 23.4 Å². The third-order valence-corrected chi connectivity index (χ3v) is 3.86. The number of amides is 2. The van der Waals surface area contributed by atoms with Crippen molar-refractivity contribution in [2.24, 2.45) is 11.7 Å². The summed E-state index contributed by atoms with van der Waals surface area (Å²) >= 11 is 6.28. The van der Waals surface area contributed by atoms with E-state index in [9.17, 15) is 9.59 Å². The molecule has 0 heterocycles. The van der Waals surface area contributed by atoms with Gasteiger partial charge in [0.1, 0.15) is 6.04 Å². The highest BCUT2D eigenvalue weighted by Gasteiger charge is 2.24. The van der Waals surface area contributed by atoms with E-state index in [0.29, 0.717) is 24.7 Å². The second-order valence-corrected chi connectivity index (χ2v) is 6.43. The van der Waals surface area contributed by atoms with Gasteiger partial charge in [0.15, 0.2) is 11.5 Å². The highest BCUT2D eigenvalue weighted by molar-refractivity contribution is 6.32. The van der Waals surface area contributed by atoms with Crippen molar-refractivity contribution in [2.75, 3.05) is 13.2 Å². The van der Waals surface area contributed by atoms with E-state index in [-0.39, 0.29) is 16.5 Å². The lowest BCUT2D eigenvalue weighted by molar-refractivity contribution is -0.120. The summed E-state index contributed by atoms with van der Waals surface area (Å²) in [4.78, 5) is 24.0. The van der Waals surface area contributed by atoms with E-state index in [1.165, 1.54) is 6.07 Å². The van der Waals surface area contributed by atoms with Crippen LogP contribution in [0.25, 0.3) is 0 Å². The van der Waals surface area contributed by atoms with Crippen LogP contribution < -0.4 is 20.5 Å². The fourth-order valence-corrected chi connectivity index (χ4v) is 2.48. The van der Waals surface area contributed by atoms with E-state index in [2.05, 4.69) is 12.2 Å². The maximum absolute atomic E-state index is 12.5. The molecule has 2 amide bonds. The van der Waals surface area contributed by atoms with Crippen molar-refractivity contribution in [3.8, 4) is 11.5 Å². The summed E-state index contributed by atoms with van der Waals surface area (Å²) < 4.78 is 11.2. The number of hydrogen-bond donors (Lipinski definition) is 2. The third kappa shape index (κ3) is 6.12. The Balaban J connectivity index is 3.07. The van der Waals surface area contributed by atoms with E-state index in [1.54, 1.807) is 19.9 Å². The van der Waals surface area contributed by atoms with Crippen molar-refractivity contribution in [2.45, 2.75) is 46.6 Å². The molecule has 0 fully saturated rings. The second kappa shape index (κ2) is 10.1. The molecular weight excluding hydrogens is 344 g/mol. The van der Waals surface area contributed by atoms with Crippen molar-refractivity contribution in [1.29, 1.82) is 0 Å². The molecule has 1 atom stereocenters. The number of benzene rings is 1. The molecule has 0 aromatic heterocycles. The van der Waals surface area contributed by atoms with Gasteiger partial charge < -0.3 is 20.5 Å². The van der Waals surface area contributed by atoms with Crippen LogP contribution in [0, 0.1) is 5.92 Å². The zero-order valence-electron chi connectivity index (χ0n) is 15.2. The molecule has 0 saturated carbocycles. The topological polar surface area (TPSA) is 90.6 Å². The largest absolute Gasteiger partial charge is 0.490 e. The summed E-state index contributed by atoms with van der Waals surface area (Å²) in [6.07, 6.45) is 1.88. The Kier molecular flexibility index (Phi) is 8.55. The third-order valence-electron chi connectivity index (χ3n) is 3.58. The van der Waals surface area contributed by atoms with Crippen LogP contribution in [0.15, 0.2) is 12.1 Å². The Morgan fingerprint density at radius 2 is 1.92 bits per heavy atom. The summed E-state index contributed by atoms with van der Waals surface area (Å²) in [5.41, 5.74) is 5.62. The Labute approximate surface area is 154 Å². The fraction of sp³-hybridized carbons (Fsp3) is 0.556. The summed E-state index contributed by atoms with van der Waals surface area (Å²) in [5, 5.41) is 2.92. The van der Waals surface area contributed by atoms with E-state index >= 15 is 0 Å². The monoisotopic (exact) mass is 370 g/mol. The predicted octanol–water partition coefficient (Wildman–Crippen LogP) is 3.16. The number of rotatable bonds is 10. The lowest BCUT2D eigenvalue weighted by Gasteiger charge is -2.20. The minimum absolute atomic E-state index is 0.125. The van der Waals surface area contributed by atoms with Crippen LogP contribution in [-0.2, 0) is 4.79 Å². The van der Waals surface area contributed by atoms with Crippen LogP contribution >= 0.6 is 11.6 Å². The molecule has 3 N–H and O–H groups in total. The van der Waals surface area contributed by atoms with Crippen molar-refractivity contribution in [3.05, 3.63) is 22.7 Å². The summed E-state index contributed by atoms with van der Waals surface area (Å²) in [5.74, 6) is -0.334. The van der Waals surface area contributed by atoms with Gasteiger partial charge in [-0.05, 0) is 31.4 Å². The first kappa shape index (κ1) is 21.1. The molecule has 0 saturated heterocycles. The summed E-state index contributed by atoms with van der Waals surface area (Å²) in [6.45, 7) is 8.42. The second-order valence-electron chi connectivity index (χ2n) is 6.02. The summed E-state index contributed by atoms with van der Waals surface area (Å²) in [7, 11) is 0. The number of carbonyl (C=O) groups is 2. The number of nitrogens with one attached hydrogen (secondary N) is 1. The zero-order chi connectivity index (χ0) is 19.0. The molecule has 0 aliphatic heterocycles. The predicted molar refractivity (Wildman–Crippen MR) is 98.3 cm³/mol. The van der Waals surface area contributed by atoms with Crippen LogP contribution in [0.2, 0.25) is 5.02 Å². The highest BCUT2D eigenvalue weighted by atomic mass is 35.5. The minimum Gasteiger partial charge on any atom is -0.490 e. The molecule has 1 aromatic rings. The number of unbranched alkanes of at least 4 members (excludes halogenated alkanes) is 1. The molecule has 6 nitrogen and oxygen atoms in total. The Bertz CT molecular complexity index is 605. The first-order valence-electron chi connectivity index (χ1n) is 8.51. The van der Waals surface area contributed by atoms with Gasteiger partial charge >= 0.3 is 0 Å². The number of nitrogens with two attached hydrogens (primary N) is 1. The first-order chi connectivity index (χ1) is 11.8. The first-order valence-corrected chi connectivity index (χ1v) is 8.88. The van der Waals surface area contributed by atoms with Gasteiger partial charge in [-0.3, -0.25) is 9.59 Å². The van der Waals surface area contributed by atoms with Gasteiger partial charge in [-0.2, -0.15) is 0 Å². The average molecular weight is 371 g/mol. The Morgan fingerprint density at radius 1 is 1.24 bits per heavy atom. The molecule has 0 aliphatic carbocycles. The summed E-state index contributed by atoms with van der Waals surface area (Å²) in [6, 6.07) is 2.30. The highest BCUT2D eigenvalue weighted by Crippen LogP contribution is 2.37. The molecular formula is C18H27ClN2O4. The molecule has 1 unspecified atom stereocenters.